The number of alkyl halides is 3. The molecule has 1 saturated carbocycles. The smallest absolute Gasteiger partial charge is 0.420 e. The van der Waals surface area contributed by atoms with Gasteiger partial charge in [-0.2, -0.15) is 18.3 Å². The second-order valence-corrected chi connectivity index (χ2v) is 6.29. The van der Waals surface area contributed by atoms with Crippen molar-refractivity contribution < 1.29 is 22.7 Å². The van der Waals surface area contributed by atoms with E-state index in [-0.39, 0.29) is 29.2 Å². The number of nitrogens with zero attached hydrogens (tertiary/aromatic N) is 1. The van der Waals surface area contributed by atoms with Crippen molar-refractivity contribution >= 4 is 16.8 Å². The van der Waals surface area contributed by atoms with E-state index in [2.05, 4.69) is 15.5 Å². The quantitative estimate of drug-likeness (QED) is 0.877. The first-order valence-electron chi connectivity index (χ1n) is 8.37. The van der Waals surface area contributed by atoms with E-state index >= 15 is 0 Å². The zero-order valence-corrected chi connectivity index (χ0v) is 13.8. The van der Waals surface area contributed by atoms with E-state index in [1.807, 2.05) is 0 Å². The number of nitrogens with one attached hydrogen (secondary N) is 2. The summed E-state index contributed by atoms with van der Waals surface area (Å²) in [6, 6.07) is 2.81. The van der Waals surface area contributed by atoms with Crippen LogP contribution in [0.15, 0.2) is 18.3 Å². The van der Waals surface area contributed by atoms with Gasteiger partial charge in [0, 0.05) is 24.3 Å². The average molecular weight is 355 g/mol. The highest BCUT2D eigenvalue weighted by atomic mass is 19.4. The maximum Gasteiger partial charge on any atom is 0.420 e. The molecule has 0 saturated heterocycles. The Morgan fingerprint density at radius 2 is 2.20 bits per heavy atom. The normalized spacial score (nSPS) is 21.3. The molecule has 2 atom stereocenters. The first-order valence-corrected chi connectivity index (χ1v) is 8.37. The highest BCUT2D eigenvalue weighted by Crippen LogP contribution is 2.41. The van der Waals surface area contributed by atoms with Gasteiger partial charge in [0.15, 0.2) is 0 Å². The number of ether oxygens (including phenoxy) is 1. The number of halogens is 3. The van der Waals surface area contributed by atoms with Crippen LogP contribution in [-0.4, -0.2) is 28.3 Å². The van der Waals surface area contributed by atoms with Gasteiger partial charge >= 0.3 is 6.18 Å². The molecule has 2 N–H and O–H groups in total. The van der Waals surface area contributed by atoms with Crippen molar-refractivity contribution in [2.75, 3.05) is 0 Å². The van der Waals surface area contributed by atoms with Crippen LogP contribution in [0.25, 0.3) is 10.9 Å². The molecule has 1 amide bonds. The Bertz CT molecular complexity index is 757. The lowest BCUT2D eigenvalue weighted by Crippen LogP contribution is -2.41. The van der Waals surface area contributed by atoms with Gasteiger partial charge in [0.05, 0.1) is 11.7 Å². The Labute approximate surface area is 142 Å². The van der Waals surface area contributed by atoms with Gasteiger partial charge in [0.25, 0.3) is 0 Å². The standard InChI is InChI=1S/C17H20F3N3O2/c1-2-15(24)22-10-4-3-5-11(8-10)25-14-7-6-13-12(9-21-23-13)16(14)17(18,19)20/h6-7,9-11H,2-5,8H2,1H3,(H,21,23)(H,22,24)/t10-,11+/m1/s1. The van der Waals surface area contributed by atoms with Crippen molar-refractivity contribution in [2.45, 2.75) is 57.3 Å². The lowest BCUT2D eigenvalue weighted by atomic mass is 9.92. The molecule has 3 rings (SSSR count). The largest absolute Gasteiger partial charge is 0.490 e. The average Bonchev–Trinajstić information content (AvgIpc) is 3.02. The Morgan fingerprint density at radius 1 is 1.40 bits per heavy atom. The summed E-state index contributed by atoms with van der Waals surface area (Å²) in [4.78, 5) is 11.5. The molecule has 1 aromatic heterocycles. The van der Waals surface area contributed by atoms with Gasteiger partial charge < -0.3 is 10.1 Å². The Balaban J connectivity index is 1.81. The van der Waals surface area contributed by atoms with Crippen molar-refractivity contribution in [3.8, 4) is 5.75 Å². The summed E-state index contributed by atoms with van der Waals surface area (Å²) in [5.41, 5.74) is -0.491. The van der Waals surface area contributed by atoms with Crippen molar-refractivity contribution in [2.24, 2.45) is 0 Å². The Morgan fingerprint density at radius 3 is 2.92 bits per heavy atom. The second-order valence-electron chi connectivity index (χ2n) is 6.29. The molecule has 25 heavy (non-hydrogen) atoms. The van der Waals surface area contributed by atoms with Gasteiger partial charge in [-0.1, -0.05) is 6.92 Å². The fraction of sp³-hybridized carbons (Fsp3) is 0.529. The molecule has 0 unspecified atom stereocenters. The summed E-state index contributed by atoms with van der Waals surface area (Å²) in [6.07, 6.45) is -0.559. The topological polar surface area (TPSA) is 67.0 Å². The number of rotatable bonds is 4. The van der Waals surface area contributed by atoms with Crippen LogP contribution in [0.3, 0.4) is 0 Å². The van der Waals surface area contributed by atoms with Crippen LogP contribution < -0.4 is 10.1 Å². The highest BCUT2D eigenvalue weighted by Gasteiger charge is 2.38. The van der Waals surface area contributed by atoms with Gasteiger partial charge in [0.2, 0.25) is 5.91 Å². The summed E-state index contributed by atoms with van der Waals surface area (Å²) in [5.74, 6) is -0.240. The predicted molar refractivity (Wildman–Crippen MR) is 86.2 cm³/mol. The third-order valence-electron chi connectivity index (χ3n) is 4.48. The Kier molecular flexibility index (Phi) is 4.87. The molecule has 0 radical (unpaired) electrons. The lowest BCUT2D eigenvalue weighted by Gasteiger charge is -2.31. The second kappa shape index (κ2) is 6.93. The van der Waals surface area contributed by atoms with Crippen LogP contribution in [0.5, 0.6) is 5.75 Å². The molecule has 0 aliphatic heterocycles. The SMILES string of the molecule is CCC(=O)N[C@@H]1CCC[C@H](Oc2ccc3[nH]ncc3c2C(F)(F)F)C1. The van der Waals surface area contributed by atoms with E-state index in [9.17, 15) is 18.0 Å². The van der Waals surface area contributed by atoms with E-state index in [1.165, 1.54) is 12.1 Å². The van der Waals surface area contributed by atoms with Crippen LogP contribution in [0.4, 0.5) is 13.2 Å². The minimum Gasteiger partial charge on any atom is -0.490 e. The summed E-state index contributed by atoms with van der Waals surface area (Å²) < 4.78 is 46.3. The fourth-order valence-corrected chi connectivity index (χ4v) is 3.28. The summed E-state index contributed by atoms with van der Waals surface area (Å²) >= 11 is 0. The summed E-state index contributed by atoms with van der Waals surface area (Å²) in [5, 5.41) is 9.13. The predicted octanol–water partition coefficient (Wildman–Crippen LogP) is 3.80. The first-order chi connectivity index (χ1) is 11.9. The molecule has 1 fully saturated rings. The molecule has 0 spiro atoms. The Hall–Kier alpha value is -2.25. The highest BCUT2D eigenvalue weighted by molar-refractivity contribution is 5.84. The minimum atomic E-state index is -4.54. The number of carbonyl (C=O) groups is 1. The number of aromatic amines is 1. The number of benzene rings is 1. The zero-order chi connectivity index (χ0) is 18.0. The zero-order valence-electron chi connectivity index (χ0n) is 13.8. The fourth-order valence-electron chi connectivity index (χ4n) is 3.28. The molecule has 0 bridgehead atoms. The third kappa shape index (κ3) is 3.88. The van der Waals surface area contributed by atoms with E-state index in [0.29, 0.717) is 24.8 Å². The molecule has 1 aliphatic rings. The molecule has 1 aliphatic carbocycles. The number of aromatic nitrogens is 2. The molecule has 5 nitrogen and oxygen atoms in total. The minimum absolute atomic E-state index is 0.00311. The maximum absolute atomic E-state index is 13.5. The van der Waals surface area contributed by atoms with Gasteiger partial charge in [0.1, 0.15) is 17.4 Å². The van der Waals surface area contributed by atoms with Crippen LogP contribution in [0.1, 0.15) is 44.6 Å². The van der Waals surface area contributed by atoms with Crippen molar-refractivity contribution in [1.82, 2.24) is 15.5 Å². The van der Waals surface area contributed by atoms with E-state index in [1.54, 1.807) is 6.92 Å². The van der Waals surface area contributed by atoms with Gasteiger partial charge in [-0.3, -0.25) is 9.89 Å². The van der Waals surface area contributed by atoms with Crippen molar-refractivity contribution in [1.29, 1.82) is 0 Å². The van der Waals surface area contributed by atoms with Crippen molar-refractivity contribution in [3.63, 3.8) is 0 Å². The molecule has 8 heteroatoms. The van der Waals surface area contributed by atoms with Crippen molar-refractivity contribution in [3.05, 3.63) is 23.9 Å². The van der Waals surface area contributed by atoms with E-state index in [0.717, 1.165) is 19.0 Å². The van der Waals surface area contributed by atoms with Crippen LogP contribution in [-0.2, 0) is 11.0 Å². The molecule has 136 valence electrons. The lowest BCUT2D eigenvalue weighted by molar-refractivity contribution is -0.138. The molecular weight excluding hydrogens is 335 g/mol. The number of hydrogen-bond acceptors (Lipinski definition) is 3. The number of fused-ring (bicyclic) bond motifs is 1. The summed E-state index contributed by atoms with van der Waals surface area (Å²) in [7, 11) is 0. The number of H-pyrrole nitrogens is 1. The number of hydrogen-bond donors (Lipinski definition) is 2. The van der Waals surface area contributed by atoms with Gasteiger partial charge in [-0.05, 0) is 31.4 Å². The van der Waals surface area contributed by atoms with Crippen LogP contribution in [0.2, 0.25) is 0 Å². The summed E-state index contributed by atoms with van der Waals surface area (Å²) in [6.45, 7) is 1.77. The van der Waals surface area contributed by atoms with E-state index < -0.39 is 11.7 Å². The van der Waals surface area contributed by atoms with Crippen LogP contribution >= 0.6 is 0 Å². The number of amides is 1. The van der Waals surface area contributed by atoms with Crippen LogP contribution in [0, 0.1) is 0 Å². The molecule has 2 aromatic rings. The first kappa shape index (κ1) is 17.6. The maximum atomic E-state index is 13.5. The third-order valence-corrected chi connectivity index (χ3v) is 4.48. The molecular formula is C17H20F3N3O2. The number of carbonyl (C=O) groups excluding carboxylic acids is 1. The van der Waals surface area contributed by atoms with Gasteiger partial charge in [-0.25, -0.2) is 0 Å². The van der Waals surface area contributed by atoms with E-state index in [4.69, 9.17) is 4.74 Å². The molecule has 1 heterocycles. The molecule has 1 aromatic carbocycles. The monoisotopic (exact) mass is 355 g/mol. The van der Waals surface area contributed by atoms with Gasteiger partial charge in [-0.15, -0.1) is 0 Å².